The molecule has 0 amide bonds. The standard InChI is InChI=1S/C34H36Cl6O14.3HI.V/c1-15-19(42)11-31(47)16(2)22(15)23(52-29(46)50-14-34(38,39)40)25(43)30(4)20(51-28(45)49-13-33(35,36)37)10-21-32(12-48-21,54-17(3)41)24(30)26(31)53-27(44)18-8-6-5-7-9-18;;;;/h5-9,16,19-21,23-24,26,42,47H,10-14H2,1-4H3;3*1H;/q;;;;+3/p-3/t16-,19?,20?,21?,23?,24?,26?,30+,31?,32-;;;;/m0..../s1. The monoisotopic (exact) mass is 1310 g/mol. The fourth-order valence-electron chi connectivity index (χ4n) is 8.11. The third kappa shape index (κ3) is 11.6. The molecule has 7 unspecified atom stereocenters. The molecule has 2 N–H and O–H groups in total. The van der Waals surface area contributed by atoms with Gasteiger partial charge in [-0.25, -0.2) is 14.4 Å². The van der Waals surface area contributed by atoms with Gasteiger partial charge in [0.25, 0.3) is 0 Å². The third-order valence-corrected chi connectivity index (χ3v) is 11.3. The molecule has 1 saturated heterocycles. The summed E-state index contributed by atoms with van der Waals surface area (Å²) < 4.78 is 35.4. The number of ether oxygens (including phenoxy) is 7. The summed E-state index contributed by atoms with van der Waals surface area (Å²) in [6.07, 6.45) is -11.8. The van der Waals surface area contributed by atoms with Crippen molar-refractivity contribution >= 4 is 160 Å². The molecular weight excluding hydrogens is 1280 g/mol. The van der Waals surface area contributed by atoms with Crippen LogP contribution < -0.4 is 0 Å². The number of esters is 2. The van der Waals surface area contributed by atoms with Gasteiger partial charge in [0.05, 0.1) is 29.6 Å². The van der Waals surface area contributed by atoms with E-state index in [1.807, 2.05) is 0 Å². The van der Waals surface area contributed by atoms with Crippen molar-refractivity contribution in [1.82, 2.24) is 0 Å². The van der Waals surface area contributed by atoms with E-state index in [1.165, 1.54) is 32.9 Å². The van der Waals surface area contributed by atoms with Gasteiger partial charge in [-0.15, -0.1) is 0 Å². The predicted octanol–water partition coefficient (Wildman–Crippen LogP) is 8.41. The predicted molar refractivity (Wildman–Crippen MR) is 234 cm³/mol. The number of Topliss-reactive ketones (excluding diaryl/α,β-unsaturated/α-hetero) is 1. The van der Waals surface area contributed by atoms with Crippen LogP contribution in [0.15, 0.2) is 41.5 Å². The minimum atomic E-state index is -2.31. The third-order valence-electron chi connectivity index (χ3n) is 10.6. The Labute approximate surface area is 401 Å². The van der Waals surface area contributed by atoms with Crippen molar-refractivity contribution in [2.75, 3.05) is 19.8 Å². The van der Waals surface area contributed by atoms with Gasteiger partial charge in [0.1, 0.15) is 37.1 Å². The number of halogens is 9. The van der Waals surface area contributed by atoms with Crippen molar-refractivity contribution in [2.45, 2.75) is 89.8 Å². The Morgan fingerprint density at radius 3 is 1.97 bits per heavy atom. The van der Waals surface area contributed by atoms with Crippen LogP contribution in [-0.2, 0) is 47.7 Å². The van der Waals surface area contributed by atoms with E-state index in [4.69, 9.17) is 103 Å². The van der Waals surface area contributed by atoms with Crippen molar-refractivity contribution in [3.63, 3.8) is 0 Å². The van der Waals surface area contributed by atoms with Crippen LogP contribution in [0.2, 0.25) is 0 Å². The molecule has 0 aromatic heterocycles. The van der Waals surface area contributed by atoms with Crippen LogP contribution in [0, 0.1) is 17.3 Å². The number of fused-ring (bicyclic) bond motifs is 5. The number of aliphatic hydroxyl groups excluding tert-OH is 1. The molecule has 2 saturated carbocycles. The first-order valence-corrected chi connectivity index (χ1v) is 32.8. The number of ketones is 1. The minimum absolute atomic E-state index is 0.0480. The molecule has 1 aromatic rings. The number of hydrogen-bond acceptors (Lipinski definition) is 14. The molecule has 24 heteroatoms. The molecule has 14 nitrogen and oxygen atoms in total. The van der Waals surface area contributed by atoms with Crippen molar-refractivity contribution in [3.8, 4) is 0 Å². The molecule has 3 fully saturated rings. The van der Waals surface area contributed by atoms with Crippen LogP contribution in [0.1, 0.15) is 50.9 Å². The molecule has 1 heterocycles. The molecule has 10 atom stereocenters. The quantitative estimate of drug-likeness (QED) is 0.0870. The van der Waals surface area contributed by atoms with Crippen LogP contribution in [0.4, 0.5) is 9.59 Å². The van der Waals surface area contributed by atoms with Gasteiger partial charge in [-0.05, 0) is 37.1 Å². The van der Waals surface area contributed by atoms with Gasteiger partial charge in [-0.3, -0.25) is 9.59 Å². The molecule has 4 aliphatic rings. The summed E-state index contributed by atoms with van der Waals surface area (Å²) in [7, 11) is 0. The van der Waals surface area contributed by atoms with Crippen molar-refractivity contribution in [2.24, 2.45) is 17.3 Å². The summed E-state index contributed by atoms with van der Waals surface area (Å²) in [5, 5.41) is 24.5. The van der Waals surface area contributed by atoms with Gasteiger partial charge in [0.15, 0.2) is 17.5 Å². The molecule has 2 bridgehead atoms. The summed E-state index contributed by atoms with van der Waals surface area (Å²) in [6, 6.07) is 7.70. The second-order valence-electron chi connectivity index (χ2n) is 14.1. The number of alkyl halides is 6. The van der Waals surface area contributed by atoms with Gasteiger partial charge >= 0.3 is 89.1 Å². The van der Waals surface area contributed by atoms with E-state index >= 15 is 4.79 Å². The number of aliphatic hydroxyl groups is 2. The summed E-state index contributed by atoms with van der Waals surface area (Å²) in [6.45, 7) is 3.40. The van der Waals surface area contributed by atoms with E-state index < -0.39 is 116 Å². The fourth-order valence-corrected chi connectivity index (χ4v) is 8.43. The average Bonchev–Trinajstić information content (AvgIpc) is 3.10. The Morgan fingerprint density at radius 1 is 0.948 bits per heavy atom. The van der Waals surface area contributed by atoms with Gasteiger partial charge in [-0.2, -0.15) is 0 Å². The summed E-state index contributed by atoms with van der Waals surface area (Å²) in [5.41, 5.74) is -6.28. The first-order chi connectivity index (χ1) is 26.7. The van der Waals surface area contributed by atoms with Gasteiger partial charge < -0.3 is 43.4 Å². The van der Waals surface area contributed by atoms with Gasteiger partial charge in [0.2, 0.25) is 7.59 Å². The molecule has 3 aliphatic carbocycles. The van der Waals surface area contributed by atoms with E-state index in [2.05, 4.69) is 59.9 Å². The van der Waals surface area contributed by atoms with E-state index in [0.29, 0.717) is 0 Å². The van der Waals surface area contributed by atoms with Gasteiger partial charge in [-0.1, -0.05) is 94.7 Å². The number of benzene rings is 1. The molecule has 1 aromatic carbocycles. The normalized spacial score (nSPS) is 33.0. The molecule has 0 spiro atoms. The van der Waals surface area contributed by atoms with Crippen molar-refractivity contribution in [1.29, 1.82) is 0 Å². The zero-order valence-corrected chi connectivity index (χ0v) is 43.0. The SMILES string of the molecule is CC(=O)O[C@@]12COC1CC(OC(=O)OCC(Cl)(Cl)Cl)[C@@]1(C)C(=O)C(OC(=O)OCC(Cl)(Cl)Cl)C3=C(C)C(O)CC(O)(C(OC(=O)c4ccccc4)C21)[C@H]3C.[I][V]([I])[I]. The van der Waals surface area contributed by atoms with Crippen LogP contribution in [0.3, 0.4) is 0 Å². The Kier molecular flexibility index (Phi) is 17.7. The van der Waals surface area contributed by atoms with Crippen molar-refractivity contribution in [3.05, 3.63) is 47.0 Å². The van der Waals surface area contributed by atoms with Crippen LogP contribution in [-0.4, -0.2) is 109 Å². The zero-order valence-electron chi connectivity index (χ0n) is 30.6. The summed E-state index contributed by atoms with van der Waals surface area (Å²) in [4.78, 5) is 68.5. The topological polar surface area (TPSA) is 190 Å². The molecule has 5 rings (SSSR count). The zero-order chi connectivity index (χ0) is 43.8. The number of rotatable bonds is 7. The molecule has 324 valence electrons. The fraction of sp³-hybridized carbons (Fsp3) is 0.618. The maximum atomic E-state index is 15.5. The molecular formula is C34H36Cl6I3O14V. The van der Waals surface area contributed by atoms with Gasteiger partial charge in [0, 0.05) is 25.7 Å². The Balaban J connectivity index is 0.00000178. The van der Waals surface area contributed by atoms with E-state index in [0.717, 1.165) is 6.92 Å². The second-order valence-corrected chi connectivity index (χ2v) is 54.5. The molecule has 58 heavy (non-hydrogen) atoms. The van der Waals surface area contributed by atoms with Crippen LogP contribution in [0.5, 0.6) is 0 Å². The Hall–Kier alpha value is 0.504. The molecule has 0 radical (unpaired) electrons. The van der Waals surface area contributed by atoms with E-state index in [9.17, 15) is 29.4 Å². The number of carbonyl (C=O) groups is 5. The van der Waals surface area contributed by atoms with Crippen LogP contribution >= 0.6 is 130 Å². The second kappa shape index (κ2) is 20.1. The average molecular weight is 1310 g/mol. The summed E-state index contributed by atoms with van der Waals surface area (Å²) >= 11 is 42.0. The number of carbonyl (C=O) groups excluding carboxylic acids is 5. The Morgan fingerprint density at radius 2 is 1.48 bits per heavy atom. The van der Waals surface area contributed by atoms with E-state index in [1.54, 1.807) is 18.2 Å². The molecule has 1 aliphatic heterocycles. The van der Waals surface area contributed by atoms with Crippen LogP contribution in [0.25, 0.3) is 0 Å². The first kappa shape index (κ1) is 51.1. The number of hydrogen-bond donors (Lipinski definition) is 2. The Bertz CT molecular complexity index is 1770. The maximum absolute atomic E-state index is 15.5. The van der Waals surface area contributed by atoms with Crippen molar-refractivity contribution < 1.29 is 72.3 Å². The van der Waals surface area contributed by atoms with E-state index in [-0.39, 0.29) is 34.7 Å². The first-order valence-electron chi connectivity index (χ1n) is 17.0. The summed E-state index contributed by atoms with van der Waals surface area (Å²) in [5.74, 6) is -5.67.